The maximum absolute atomic E-state index is 5.78. The van der Waals surface area contributed by atoms with Gasteiger partial charge >= 0.3 is 7.32 Å². The highest BCUT2D eigenvalue weighted by molar-refractivity contribution is 6.39. The van der Waals surface area contributed by atoms with Gasteiger partial charge in [0.25, 0.3) is 0 Å². The van der Waals surface area contributed by atoms with Gasteiger partial charge in [0.15, 0.2) is 0 Å². The summed E-state index contributed by atoms with van der Waals surface area (Å²) in [7, 11) is 1.20. The van der Waals surface area contributed by atoms with Crippen molar-refractivity contribution in [1.82, 2.24) is 4.57 Å². The van der Waals surface area contributed by atoms with Crippen molar-refractivity contribution in [3.05, 3.63) is 110 Å². The van der Waals surface area contributed by atoms with Gasteiger partial charge in [0, 0.05) is 0 Å². The van der Waals surface area contributed by atoms with Crippen LogP contribution in [0.5, 0.6) is 17.2 Å². The third kappa shape index (κ3) is 10.7. The maximum atomic E-state index is 5.78. The third-order valence-electron chi connectivity index (χ3n) is 5.52. The zero-order valence-corrected chi connectivity index (χ0v) is 21.5. The first-order chi connectivity index (χ1) is 17.7. The van der Waals surface area contributed by atoms with Crippen LogP contribution >= 0.6 is 0 Å². The van der Waals surface area contributed by atoms with E-state index in [9.17, 15) is 0 Å². The summed E-state index contributed by atoms with van der Waals surface area (Å²) in [6, 6.07) is 28.3. The predicted molar refractivity (Wildman–Crippen MR) is 146 cm³/mol. The second-order valence-electron chi connectivity index (χ2n) is 8.67. The molecule has 36 heavy (non-hydrogen) atoms. The second kappa shape index (κ2) is 16.1. The minimum absolute atomic E-state index is 0.680. The molecule has 0 bridgehead atoms. The molecule has 6 heteroatoms. The van der Waals surface area contributed by atoms with Crippen molar-refractivity contribution in [2.45, 2.75) is 52.0 Å². The normalized spacial score (nSPS) is 10.2. The summed E-state index contributed by atoms with van der Waals surface area (Å²) in [6.07, 6.45) is 14.6. The number of para-hydroxylation sites is 3. The van der Waals surface area contributed by atoms with Crippen molar-refractivity contribution in [3.63, 3.8) is 0 Å². The molecule has 4 aromatic rings. The topological polar surface area (TPSA) is 36.5 Å². The van der Waals surface area contributed by atoms with Gasteiger partial charge in [-0.25, -0.2) is 9.13 Å². The first-order valence-electron chi connectivity index (χ1n) is 12.9. The van der Waals surface area contributed by atoms with Gasteiger partial charge in [0.05, 0.1) is 13.6 Å². The highest BCUT2D eigenvalue weighted by Crippen LogP contribution is 2.17. The molecule has 4 rings (SSSR count). The lowest BCUT2D eigenvalue weighted by Gasteiger charge is -2.16. The lowest BCUT2D eigenvalue weighted by molar-refractivity contribution is -0.671. The van der Waals surface area contributed by atoms with E-state index < -0.39 is 7.32 Å². The minimum Gasteiger partial charge on any atom is -0.490 e. The molecule has 3 aromatic carbocycles. The summed E-state index contributed by atoms with van der Waals surface area (Å²) in [5, 5.41) is 0. The van der Waals surface area contributed by atoms with Gasteiger partial charge in [-0.15, -0.1) is 0 Å². The van der Waals surface area contributed by atoms with Gasteiger partial charge in [0.2, 0.25) is 6.33 Å². The Bertz CT molecular complexity index is 976. The minimum atomic E-state index is -0.868. The molecule has 0 unspecified atom stereocenters. The molecule has 0 amide bonds. The Morgan fingerprint density at radius 1 is 0.639 bits per heavy atom. The van der Waals surface area contributed by atoms with Crippen LogP contribution in [0.3, 0.4) is 0 Å². The Morgan fingerprint density at radius 2 is 1.08 bits per heavy atom. The lowest BCUT2D eigenvalue weighted by atomic mass is 10.1. The van der Waals surface area contributed by atoms with Crippen molar-refractivity contribution in [3.8, 4) is 17.2 Å². The fourth-order valence-corrected chi connectivity index (χ4v) is 3.61. The Balaban J connectivity index is 0.000000223. The summed E-state index contributed by atoms with van der Waals surface area (Å²) >= 11 is 0. The van der Waals surface area contributed by atoms with Crippen molar-refractivity contribution < 1.29 is 18.5 Å². The van der Waals surface area contributed by atoms with E-state index in [0.29, 0.717) is 17.2 Å². The van der Waals surface area contributed by atoms with Gasteiger partial charge < -0.3 is 14.0 Å². The Hall–Kier alpha value is -3.67. The van der Waals surface area contributed by atoms with Gasteiger partial charge in [0.1, 0.15) is 29.6 Å². The molecule has 188 valence electrons. The summed E-state index contributed by atoms with van der Waals surface area (Å²) in [4.78, 5) is 0. The summed E-state index contributed by atoms with van der Waals surface area (Å²) in [5.41, 5.74) is 0. The molecular weight excluding hydrogens is 447 g/mol. The van der Waals surface area contributed by atoms with Crippen LogP contribution < -0.4 is 18.5 Å². The quantitative estimate of drug-likeness (QED) is 0.118. The molecule has 0 aliphatic rings. The summed E-state index contributed by atoms with van der Waals surface area (Å²) < 4.78 is 21.7. The summed E-state index contributed by atoms with van der Waals surface area (Å²) in [6.45, 7) is 3.44. The molecule has 0 spiro atoms. The van der Waals surface area contributed by atoms with E-state index in [2.05, 4.69) is 41.8 Å². The van der Waals surface area contributed by atoms with E-state index >= 15 is 0 Å². The average molecular weight is 485 g/mol. The van der Waals surface area contributed by atoms with E-state index in [-0.39, 0.29) is 0 Å². The summed E-state index contributed by atoms with van der Waals surface area (Å²) in [5.74, 6) is 2.04. The molecule has 0 aliphatic carbocycles. The average Bonchev–Trinajstić information content (AvgIpc) is 3.33. The zero-order valence-electron chi connectivity index (χ0n) is 21.5. The van der Waals surface area contributed by atoms with Crippen LogP contribution in [0.1, 0.15) is 45.4 Å². The smallest absolute Gasteiger partial charge is 0.490 e. The van der Waals surface area contributed by atoms with Crippen LogP contribution in [0.25, 0.3) is 0 Å². The fraction of sp³-hybridized carbons (Fsp3) is 0.300. The van der Waals surface area contributed by atoms with Gasteiger partial charge in [-0.3, -0.25) is 0 Å². The van der Waals surface area contributed by atoms with E-state index in [4.69, 9.17) is 14.0 Å². The largest absolute Gasteiger partial charge is 0.864 e. The molecule has 1 aromatic heterocycles. The molecular formula is C30H38BN2O3+. The van der Waals surface area contributed by atoms with Crippen molar-refractivity contribution in [2.75, 3.05) is 0 Å². The van der Waals surface area contributed by atoms with Crippen LogP contribution in [0.15, 0.2) is 110 Å². The number of imidazole rings is 1. The maximum Gasteiger partial charge on any atom is 0.864 e. The molecule has 0 saturated heterocycles. The predicted octanol–water partition coefficient (Wildman–Crippen LogP) is 6.88. The SMILES string of the molecule is CCCCCCCCn1cc[n+](C)c1.c1ccc(OB(Oc2ccccc2)Oc2ccccc2)cc1. The van der Waals surface area contributed by atoms with E-state index in [0.717, 1.165) is 0 Å². The third-order valence-corrected chi connectivity index (χ3v) is 5.52. The van der Waals surface area contributed by atoms with Crippen LogP contribution in [0.4, 0.5) is 0 Å². The number of rotatable bonds is 13. The number of benzene rings is 3. The van der Waals surface area contributed by atoms with Gasteiger partial charge in [-0.2, -0.15) is 0 Å². The second-order valence-corrected chi connectivity index (χ2v) is 8.67. The molecule has 1 heterocycles. The zero-order chi connectivity index (χ0) is 25.3. The first kappa shape index (κ1) is 26.9. The molecule has 0 radical (unpaired) electrons. The van der Waals surface area contributed by atoms with E-state index in [1.807, 2.05) is 91.0 Å². The molecule has 5 nitrogen and oxygen atoms in total. The molecule has 0 N–H and O–H groups in total. The Kier molecular flexibility index (Phi) is 12.0. The number of aromatic nitrogens is 2. The molecule has 0 fully saturated rings. The van der Waals surface area contributed by atoms with E-state index in [1.54, 1.807) is 0 Å². The van der Waals surface area contributed by atoms with Crippen molar-refractivity contribution >= 4 is 7.32 Å². The monoisotopic (exact) mass is 485 g/mol. The van der Waals surface area contributed by atoms with Crippen LogP contribution in [0.2, 0.25) is 0 Å². The standard InChI is InChI=1S/C18H15BO3.C12H23N2/c1-4-10-16(11-5-1)20-19(21-17-12-6-2-7-13-17)22-18-14-8-3-9-15-18;1-3-4-5-6-7-8-9-14-11-10-13(2)12-14/h1-15H;10-12H,3-9H2,1-2H3/q;+1. The lowest BCUT2D eigenvalue weighted by Crippen LogP contribution is -2.36. The highest BCUT2D eigenvalue weighted by Gasteiger charge is 2.30. The molecule has 0 aliphatic heterocycles. The number of nitrogens with zero attached hydrogens (tertiary/aromatic N) is 2. The van der Waals surface area contributed by atoms with E-state index in [1.165, 1.54) is 45.1 Å². The number of aryl methyl sites for hydroxylation is 2. The first-order valence-corrected chi connectivity index (χ1v) is 12.9. The van der Waals surface area contributed by atoms with Crippen molar-refractivity contribution in [1.29, 1.82) is 0 Å². The Labute approximate surface area is 216 Å². The van der Waals surface area contributed by atoms with Gasteiger partial charge in [-0.05, 0) is 49.2 Å². The van der Waals surface area contributed by atoms with Crippen LogP contribution in [-0.2, 0) is 13.6 Å². The molecule has 0 saturated carbocycles. The number of hydrogen-bond acceptors (Lipinski definition) is 3. The fourth-order valence-electron chi connectivity index (χ4n) is 3.61. The number of hydrogen-bond donors (Lipinski definition) is 0. The van der Waals surface area contributed by atoms with Crippen LogP contribution in [-0.4, -0.2) is 11.9 Å². The number of unbranched alkanes of at least 4 members (excludes halogenated alkanes) is 5. The highest BCUT2D eigenvalue weighted by atomic mass is 16.7. The Morgan fingerprint density at radius 3 is 1.50 bits per heavy atom. The molecule has 0 atom stereocenters. The van der Waals surface area contributed by atoms with Gasteiger partial charge in [-0.1, -0.05) is 87.2 Å². The van der Waals surface area contributed by atoms with Crippen LogP contribution in [0, 0.1) is 0 Å². The van der Waals surface area contributed by atoms with Crippen molar-refractivity contribution in [2.24, 2.45) is 7.05 Å².